The van der Waals surface area contributed by atoms with Gasteiger partial charge in [-0.3, -0.25) is 4.79 Å². The molecule has 2 N–H and O–H groups in total. The molecule has 0 saturated heterocycles. The summed E-state index contributed by atoms with van der Waals surface area (Å²) in [6.07, 6.45) is 0. The summed E-state index contributed by atoms with van der Waals surface area (Å²) in [5, 5.41) is 14.2. The topological polar surface area (TPSA) is 119 Å². The Hall–Kier alpha value is -3.75. The van der Waals surface area contributed by atoms with Crippen molar-refractivity contribution in [2.45, 2.75) is 6.92 Å². The molecule has 2 aromatic carbocycles. The molecule has 2 aromatic heterocycles. The third kappa shape index (κ3) is 3.10. The van der Waals surface area contributed by atoms with Gasteiger partial charge in [0.05, 0.1) is 30.2 Å². The molecule has 9 heteroatoms. The van der Waals surface area contributed by atoms with Crippen molar-refractivity contribution in [3.63, 3.8) is 0 Å². The normalized spacial score (nSPS) is 10.9. The Morgan fingerprint density at radius 3 is 2.78 bits per heavy atom. The van der Waals surface area contributed by atoms with E-state index in [0.717, 1.165) is 0 Å². The van der Waals surface area contributed by atoms with Crippen molar-refractivity contribution in [2.75, 3.05) is 13.7 Å². The number of hydrogen-bond acceptors (Lipinski definition) is 7. The fraction of sp³-hybridized carbons (Fsp3) is 0.167. The molecule has 0 spiro atoms. The van der Waals surface area contributed by atoms with Gasteiger partial charge >= 0.3 is 0 Å². The number of ether oxygens (including phenoxy) is 2. The van der Waals surface area contributed by atoms with Gasteiger partial charge in [0.15, 0.2) is 0 Å². The summed E-state index contributed by atoms with van der Waals surface area (Å²) in [7, 11) is 1.58. The lowest BCUT2D eigenvalue weighted by atomic mass is 10.1. The summed E-state index contributed by atoms with van der Waals surface area (Å²) in [6, 6.07) is 10.6. The van der Waals surface area contributed by atoms with E-state index in [1.807, 2.05) is 6.92 Å². The molecule has 27 heavy (non-hydrogen) atoms. The van der Waals surface area contributed by atoms with E-state index in [2.05, 4.69) is 30.6 Å². The Balaban J connectivity index is 1.87. The lowest BCUT2D eigenvalue weighted by Crippen LogP contribution is -2.10. The Bertz CT molecular complexity index is 1150. The van der Waals surface area contributed by atoms with E-state index >= 15 is 0 Å². The maximum absolute atomic E-state index is 12.7. The van der Waals surface area contributed by atoms with E-state index in [1.165, 1.54) is 0 Å². The third-order valence-corrected chi connectivity index (χ3v) is 4.05. The Kier molecular flexibility index (Phi) is 4.25. The quantitative estimate of drug-likeness (QED) is 0.557. The first-order chi connectivity index (χ1) is 13.2. The van der Waals surface area contributed by atoms with Crippen LogP contribution in [0.25, 0.3) is 33.7 Å². The number of benzene rings is 2. The van der Waals surface area contributed by atoms with Crippen LogP contribution in [0.15, 0.2) is 41.2 Å². The first-order valence-electron chi connectivity index (χ1n) is 8.28. The maximum Gasteiger partial charge on any atom is 0.259 e. The van der Waals surface area contributed by atoms with Crippen molar-refractivity contribution in [2.24, 2.45) is 0 Å². The minimum atomic E-state index is -0.273. The van der Waals surface area contributed by atoms with E-state index in [9.17, 15) is 4.79 Å². The number of fused-ring (bicyclic) bond motifs is 1. The molecule has 0 unspecified atom stereocenters. The van der Waals surface area contributed by atoms with Crippen molar-refractivity contribution in [1.29, 1.82) is 0 Å². The first kappa shape index (κ1) is 16.7. The van der Waals surface area contributed by atoms with Crippen LogP contribution >= 0.6 is 0 Å². The highest BCUT2D eigenvalue weighted by Crippen LogP contribution is 2.32. The van der Waals surface area contributed by atoms with Gasteiger partial charge in [-0.1, -0.05) is 0 Å². The van der Waals surface area contributed by atoms with Crippen LogP contribution in [0, 0.1) is 0 Å². The summed E-state index contributed by atoms with van der Waals surface area (Å²) in [5.41, 5.74) is 1.60. The number of hydrogen-bond donors (Lipinski definition) is 2. The standard InChI is InChI=1S/C18H16N6O3/c1-3-27-15-7-5-11(26-2)9-13(15)17-19-14-6-4-10(16-21-23-24-22-16)8-12(14)18(25)20-17/h4-9H,3H2,1-2H3,(H,19,20,25)(H,21,22,23,24). The lowest BCUT2D eigenvalue weighted by Gasteiger charge is -2.12. The zero-order valence-electron chi connectivity index (χ0n) is 14.7. The number of H-pyrrole nitrogens is 2. The van der Waals surface area contributed by atoms with E-state index < -0.39 is 0 Å². The summed E-state index contributed by atoms with van der Waals surface area (Å²) in [5.74, 6) is 2.07. The molecule has 4 aromatic rings. The van der Waals surface area contributed by atoms with Crippen LogP contribution in [0.5, 0.6) is 11.5 Å². The summed E-state index contributed by atoms with van der Waals surface area (Å²) in [6.45, 7) is 2.38. The second-order valence-corrected chi connectivity index (χ2v) is 5.68. The average Bonchev–Trinajstić information content (AvgIpc) is 3.23. The lowest BCUT2D eigenvalue weighted by molar-refractivity contribution is 0.340. The molecule has 2 heterocycles. The van der Waals surface area contributed by atoms with Gasteiger partial charge in [-0.05, 0) is 48.5 Å². The zero-order chi connectivity index (χ0) is 18.8. The molecule has 0 fully saturated rings. The van der Waals surface area contributed by atoms with Gasteiger partial charge in [-0.15, -0.1) is 10.2 Å². The van der Waals surface area contributed by atoms with E-state index in [1.54, 1.807) is 43.5 Å². The molecule has 0 amide bonds. The Labute approximate surface area is 153 Å². The molecular weight excluding hydrogens is 348 g/mol. The highest BCUT2D eigenvalue weighted by atomic mass is 16.5. The molecule has 0 radical (unpaired) electrons. The third-order valence-electron chi connectivity index (χ3n) is 4.05. The molecular formula is C18H16N6O3. The molecule has 0 aliphatic heterocycles. The molecule has 136 valence electrons. The van der Waals surface area contributed by atoms with E-state index in [-0.39, 0.29) is 5.56 Å². The predicted octanol–water partition coefficient (Wildman–Crippen LogP) is 2.18. The highest BCUT2D eigenvalue weighted by molar-refractivity contribution is 5.84. The molecule has 9 nitrogen and oxygen atoms in total. The number of aromatic nitrogens is 6. The Morgan fingerprint density at radius 1 is 1.15 bits per heavy atom. The fourth-order valence-electron chi connectivity index (χ4n) is 2.79. The number of rotatable bonds is 5. The van der Waals surface area contributed by atoms with Gasteiger partial charge in [-0.25, -0.2) is 4.98 Å². The van der Waals surface area contributed by atoms with Crippen LogP contribution in [0.1, 0.15) is 6.92 Å². The van der Waals surface area contributed by atoms with E-state index in [0.29, 0.717) is 51.8 Å². The first-order valence-corrected chi connectivity index (χ1v) is 8.28. The number of aromatic amines is 2. The fourth-order valence-corrected chi connectivity index (χ4v) is 2.79. The number of nitrogens with zero attached hydrogens (tertiary/aromatic N) is 4. The Morgan fingerprint density at radius 2 is 2.04 bits per heavy atom. The van der Waals surface area contributed by atoms with Crippen LogP contribution in [0.2, 0.25) is 0 Å². The second-order valence-electron chi connectivity index (χ2n) is 5.68. The van der Waals surface area contributed by atoms with Crippen molar-refractivity contribution in [1.82, 2.24) is 30.6 Å². The predicted molar refractivity (Wildman–Crippen MR) is 98.7 cm³/mol. The minimum absolute atomic E-state index is 0.273. The van der Waals surface area contributed by atoms with Gasteiger partial charge in [0.1, 0.15) is 17.3 Å². The van der Waals surface area contributed by atoms with Crippen molar-refractivity contribution < 1.29 is 9.47 Å². The van der Waals surface area contributed by atoms with Crippen LogP contribution in [-0.4, -0.2) is 44.3 Å². The van der Waals surface area contributed by atoms with Crippen LogP contribution < -0.4 is 15.0 Å². The number of tetrazole rings is 1. The van der Waals surface area contributed by atoms with Crippen LogP contribution in [-0.2, 0) is 0 Å². The molecule has 4 rings (SSSR count). The molecule has 0 atom stereocenters. The monoisotopic (exact) mass is 364 g/mol. The van der Waals surface area contributed by atoms with E-state index in [4.69, 9.17) is 9.47 Å². The largest absolute Gasteiger partial charge is 0.497 e. The van der Waals surface area contributed by atoms with Crippen molar-refractivity contribution in [3.8, 4) is 34.3 Å². The molecule has 0 bridgehead atoms. The summed E-state index contributed by atoms with van der Waals surface area (Å²) >= 11 is 0. The van der Waals surface area contributed by atoms with Gasteiger partial charge in [-0.2, -0.15) is 5.21 Å². The van der Waals surface area contributed by atoms with Gasteiger partial charge < -0.3 is 14.5 Å². The summed E-state index contributed by atoms with van der Waals surface area (Å²) < 4.78 is 11.0. The minimum Gasteiger partial charge on any atom is -0.497 e. The average molecular weight is 364 g/mol. The SMILES string of the molecule is CCOc1ccc(OC)cc1-c1nc2ccc(-c3nn[nH]n3)cc2c(=O)[nH]1. The van der Waals surface area contributed by atoms with Gasteiger partial charge in [0.2, 0.25) is 5.82 Å². The molecule has 0 saturated carbocycles. The number of methoxy groups -OCH3 is 1. The van der Waals surface area contributed by atoms with Gasteiger partial charge in [0.25, 0.3) is 5.56 Å². The van der Waals surface area contributed by atoms with Crippen LogP contribution in [0.4, 0.5) is 0 Å². The zero-order valence-corrected chi connectivity index (χ0v) is 14.7. The number of nitrogens with one attached hydrogen (secondary N) is 2. The molecule has 0 aliphatic rings. The molecule has 0 aliphatic carbocycles. The summed E-state index contributed by atoms with van der Waals surface area (Å²) in [4.78, 5) is 20.1. The van der Waals surface area contributed by atoms with Crippen molar-refractivity contribution in [3.05, 3.63) is 46.8 Å². The van der Waals surface area contributed by atoms with Crippen LogP contribution in [0.3, 0.4) is 0 Å². The highest BCUT2D eigenvalue weighted by Gasteiger charge is 2.14. The van der Waals surface area contributed by atoms with Crippen molar-refractivity contribution >= 4 is 10.9 Å². The van der Waals surface area contributed by atoms with Gasteiger partial charge in [0, 0.05) is 5.56 Å². The smallest absolute Gasteiger partial charge is 0.259 e. The second kappa shape index (κ2) is 6.87. The maximum atomic E-state index is 12.7.